The third-order valence-electron chi connectivity index (χ3n) is 5.07. The second kappa shape index (κ2) is 10.2. The van der Waals surface area contributed by atoms with E-state index in [4.69, 9.17) is 14.2 Å². The number of hydrogen-bond donors (Lipinski definition) is 1. The number of esters is 1. The molecule has 0 aliphatic carbocycles. The van der Waals surface area contributed by atoms with Gasteiger partial charge in [-0.25, -0.2) is 4.79 Å². The van der Waals surface area contributed by atoms with Gasteiger partial charge in [-0.15, -0.1) is 0 Å². The molecule has 0 aromatic heterocycles. The molecule has 1 aromatic rings. The molecular formula is C21H28N2O6. The van der Waals surface area contributed by atoms with E-state index in [9.17, 15) is 14.4 Å². The minimum Gasteiger partial charge on any atom is -0.445 e. The number of unbranched alkanes of at least 4 members (excludes halogenated alkanes) is 1. The molecule has 1 N–H and O–H groups in total. The SMILES string of the molecule is CCCCOC1OC(=O)C[C@@H]1NC(=O)[C@H]1CCCN1C(=O)OCc1ccccc1. The number of nitrogens with zero attached hydrogens (tertiary/aromatic N) is 1. The average Bonchev–Trinajstić information content (AvgIpc) is 3.34. The molecule has 8 nitrogen and oxygen atoms in total. The van der Waals surface area contributed by atoms with Crippen molar-refractivity contribution >= 4 is 18.0 Å². The van der Waals surface area contributed by atoms with Gasteiger partial charge in [0.15, 0.2) is 0 Å². The van der Waals surface area contributed by atoms with Gasteiger partial charge in [-0.05, 0) is 24.8 Å². The summed E-state index contributed by atoms with van der Waals surface area (Å²) in [6.45, 7) is 3.11. The average molecular weight is 404 g/mol. The Labute approximate surface area is 170 Å². The molecule has 1 aromatic carbocycles. The molecule has 0 spiro atoms. The van der Waals surface area contributed by atoms with Gasteiger partial charge >= 0.3 is 12.1 Å². The topological polar surface area (TPSA) is 94.2 Å². The van der Waals surface area contributed by atoms with Gasteiger partial charge in [0.1, 0.15) is 18.7 Å². The van der Waals surface area contributed by atoms with Gasteiger partial charge in [0, 0.05) is 6.54 Å². The molecule has 3 rings (SSSR count). The van der Waals surface area contributed by atoms with Gasteiger partial charge in [-0.2, -0.15) is 0 Å². The van der Waals surface area contributed by atoms with E-state index >= 15 is 0 Å². The second-order valence-electron chi connectivity index (χ2n) is 7.29. The van der Waals surface area contributed by atoms with Crippen LogP contribution in [0.3, 0.4) is 0 Å². The first-order chi connectivity index (χ1) is 14.1. The summed E-state index contributed by atoms with van der Waals surface area (Å²) in [5, 5.41) is 2.83. The first-order valence-corrected chi connectivity index (χ1v) is 10.2. The van der Waals surface area contributed by atoms with Crippen molar-refractivity contribution in [3.05, 3.63) is 35.9 Å². The third kappa shape index (κ3) is 5.69. The van der Waals surface area contributed by atoms with Crippen molar-refractivity contribution in [1.29, 1.82) is 0 Å². The Bertz CT molecular complexity index is 710. The first kappa shape index (κ1) is 21.1. The van der Waals surface area contributed by atoms with Crippen molar-refractivity contribution in [3.63, 3.8) is 0 Å². The van der Waals surface area contributed by atoms with E-state index in [1.807, 2.05) is 37.3 Å². The Balaban J connectivity index is 1.53. The van der Waals surface area contributed by atoms with Crippen LogP contribution in [0.2, 0.25) is 0 Å². The standard InChI is InChI=1S/C21H28N2O6/c1-2-3-12-27-20-16(13-18(24)29-20)22-19(25)17-10-7-11-23(17)21(26)28-14-15-8-5-4-6-9-15/h4-6,8-9,16-17,20H,2-3,7,10-14H2,1H3,(H,22,25)/t16-,17+,20?/m0/s1. The Morgan fingerprint density at radius 1 is 1.28 bits per heavy atom. The molecule has 2 aliphatic rings. The molecule has 2 aliphatic heterocycles. The van der Waals surface area contributed by atoms with Crippen LogP contribution in [-0.4, -0.2) is 54.4 Å². The normalized spacial score (nSPS) is 23.7. The zero-order valence-corrected chi connectivity index (χ0v) is 16.7. The van der Waals surface area contributed by atoms with Crippen molar-refractivity contribution in [2.75, 3.05) is 13.2 Å². The number of ether oxygens (including phenoxy) is 3. The van der Waals surface area contributed by atoms with Crippen LogP contribution in [-0.2, 0) is 30.4 Å². The molecule has 2 heterocycles. The molecular weight excluding hydrogens is 376 g/mol. The van der Waals surface area contributed by atoms with Crippen LogP contribution in [0.15, 0.2) is 30.3 Å². The molecule has 1 unspecified atom stereocenters. The summed E-state index contributed by atoms with van der Waals surface area (Å²) in [5.74, 6) is -0.714. The van der Waals surface area contributed by atoms with E-state index in [-0.39, 0.29) is 18.9 Å². The molecule has 2 fully saturated rings. The second-order valence-corrected chi connectivity index (χ2v) is 7.29. The van der Waals surface area contributed by atoms with Crippen molar-refractivity contribution in [2.45, 2.75) is 64.0 Å². The van der Waals surface area contributed by atoms with Crippen LogP contribution in [0.4, 0.5) is 4.79 Å². The zero-order chi connectivity index (χ0) is 20.6. The number of rotatable bonds is 8. The number of carbonyl (C=O) groups is 3. The van der Waals surface area contributed by atoms with E-state index in [2.05, 4.69) is 5.32 Å². The number of amides is 2. The highest BCUT2D eigenvalue weighted by molar-refractivity contribution is 5.87. The highest BCUT2D eigenvalue weighted by Crippen LogP contribution is 2.22. The maximum absolute atomic E-state index is 12.8. The van der Waals surface area contributed by atoms with E-state index in [0.29, 0.717) is 19.6 Å². The van der Waals surface area contributed by atoms with E-state index in [0.717, 1.165) is 24.8 Å². The maximum Gasteiger partial charge on any atom is 0.410 e. The minimum atomic E-state index is -0.780. The predicted molar refractivity (Wildman–Crippen MR) is 104 cm³/mol. The summed E-state index contributed by atoms with van der Waals surface area (Å²) in [7, 11) is 0. The highest BCUT2D eigenvalue weighted by Gasteiger charge is 2.41. The van der Waals surface area contributed by atoms with Crippen molar-refractivity contribution in [2.24, 2.45) is 0 Å². The molecule has 158 valence electrons. The lowest BCUT2D eigenvalue weighted by molar-refractivity contribution is -0.165. The largest absolute Gasteiger partial charge is 0.445 e. The van der Waals surface area contributed by atoms with Gasteiger partial charge in [0.05, 0.1) is 13.0 Å². The molecule has 3 atom stereocenters. The fraction of sp³-hybridized carbons (Fsp3) is 0.571. The van der Waals surface area contributed by atoms with Crippen LogP contribution < -0.4 is 5.32 Å². The van der Waals surface area contributed by atoms with Crippen LogP contribution in [0.5, 0.6) is 0 Å². The Morgan fingerprint density at radius 3 is 2.83 bits per heavy atom. The Morgan fingerprint density at radius 2 is 2.07 bits per heavy atom. The third-order valence-corrected chi connectivity index (χ3v) is 5.07. The minimum absolute atomic E-state index is 0.0632. The number of nitrogens with one attached hydrogen (secondary N) is 1. The van der Waals surface area contributed by atoms with Crippen LogP contribution >= 0.6 is 0 Å². The summed E-state index contributed by atoms with van der Waals surface area (Å²) in [6.07, 6.45) is 1.84. The Kier molecular flexibility index (Phi) is 7.46. The van der Waals surface area contributed by atoms with Crippen molar-refractivity contribution in [3.8, 4) is 0 Å². The lowest BCUT2D eigenvalue weighted by atomic mass is 10.1. The smallest absolute Gasteiger partial charge is 0.410 e. The summed E-state index contributed by atoms with van der Waals surface area (Å²) in [6, 6.07) is 8.22. The fourth-order valence-corrected chi connectivity index (χ4v) is 3.49. The predicted octanol–water partition coefficient (Wildman–Crippen LogP) is 2.36. The summed E-state index contributed by atoms with van der Waals surface area (Å²) < 4.78 is 16.1. The van der Waals surface area contributed by atoms with E-state index in [1.165, 1.54) is 4.90 Å². The van der Waals surface area contributed by atoms with Crippen molar-refractivity contribution in [1.82, 2.24) is 10.2 Å². The van der Waals surface area contributed by atoms with E-state index in [1.54, 1.807) is 0 Å². The molecule has 2 saturated heterocycles. The molecule has 0 bridgehead atoms. The van der Waals surface area contributed by atoms with Gasteiger partial charge in [-0.1, -0.05) is 43.7 Å². The number of hydrogen-bond acceptors (Lipinski definition) is 6. The van der Waals surface area contributed by atoms with Gasteiger partial charge in [-0.3, -0.25) is 14.5 Å². The lowest BCUT2D eigenvalue weighted by Crippen LogP contribution is -2.51. The van der Waals surface area contributed by atoms with Gasteiger partial charge in [0.2, 0.25) is 12.2 Å². The lowest BCUT2D eigenvalue weighted by Gasteiger charge is -2.26. The number of likely N-dealkylation sites (tertiary alicyclic amines) is 1. The molecule has 0 saturated carbocycles. The van der Waals surface area contributed by atoms with Gasteiger partial charge in [0.25, 0.3) is 0 Å². The highest BCUT2D eigenvalue weighted by atomic mass is 16.7. The van der Waals surface area contributed by atoms with E-state index < -0.39 is 30.4 Å². The molecule has 29 heavy (non-hydrogen) atoms. The van der Waals surface area contributed by atoms with Crippen LogP contribution in [0.25, 0.3) is 0 Å². The summed E-state index contributed by atoms with van der Waals surface area (Å²) in [4.78, 5) is 38.4. The fourth-order valence-electron chi connectivity index (χ4n) is 3.49. The van der Waals surface area contributed by atoms with Crippen LogP contribution in [0, 0.1) is 0 Å². The number of cyclic esters (lactones) is 1. The molecule has 8 heteroatoms. The first-order valence-electron chi connectivity index (χ1n) is 10.2. The summed E-state index contributed by atoms with van der Waals surface area (Å²) >= 11 is 0. The zero-order valence-electron chi connectivity index (χ0n) is 16.7. The number of benzene rings is 1. The quantitative estimate of drug-likeness (QED) is 0.528. The monoisotopic (exact) mass is 404 g/mol. The maximum atomic E-state index is 12.8. The molecule has 0 radical (unpaired) electrons. The Hall–Kier alpha value is -2.61. The van der Waals surface area contributed by atoms with Crippen molar-refractivity contribution < 1.29 is 28.6 Å². The molecule has 2 amide bonds. The van der Waals surface area contributed by atoms with Gasteiger partial charge < -0.3 is 19.5 Å². The van der Waals surface area contributed by atoms with Crippen LogP contribution in [0.1, 0.15) is 44.6 Å². The number of carbonyl (C=O) groups excluding carboxylic acids is 3. The summed E-state index contributed by atoms with van der Waals surface area (Å²) in [5.41, 5.74) is 0.884.